The number of rotatable bonds is 8. The molecule has 0 aliphatic rings. The zero-order valence-corrected chi connectivity index (χ0v) is 11.6. The second-order valence-electron chi connectivity index (χ2n) is 2.64. The standard InChI is InChI=1S/C7H19NO5P2/c1-6-11-14(12-7-2)13-15(9,10-5)8(3)4/h6-7H2,1-5H3. The van der Waals surface area contributed by atoms with Crippen LogP contribution in [0.4, 0.5) is 0 Å². The van der Waals surface area contributed by atoms with Crippen LogP contribution in [0.2, 0.25) is 0 Å². The highest BCUT2D eigenvalue weighted by Crippen LogP contribution is 2.61. The van der Waals surface area contributed by atoms with Crippen LogP contribution in [0.15, 0.2) is 0 Å². The van der Waals surface area contributed by atoms with Crippen LogP contribution in [-0.4, -0.2) is 39.1 Å². The van der Waals surface area contributed by atoms with Crippen molar-refractivity contribution in [2.45, 2.75) is 13.8 Å². The van der Waals surface area contributed by atoms with Crippen LogP contribution in [0.5, 0.6) is 0 Å². The molecule has 92 valence electrons. The number of nitrogens with zero attached hydrogens (tertiary/aromatic N) is 1. The largest absolute Gasteiger partial charge is 0.414 e. The third-order valence-corrected chi connectivity index (χ3v) is 5.10. The van der Waals surface area contributed by atoms with Crippen molar-refractivity contribution in [3.8, 4) is 0 Å². The topological polar surface area (TPSA) is 57.2 Å². The Balaban J connectivity index is 4.40. The first kappa shape index (κ1) is 15.5. The molecule has 0 heterocycles. The summed E-state index contributed by atoms with van der Waals surface area (Å²) in [4.78, 5) is 0. The number of hydrogen-bond donors (Lipinski definition) is 0. The SMILES string of the molecule is CCOP(OCC)OP(=O)(OC)N(C)C. The first-order valence-electron chi connectivity index (χ1n) is 4.59. The summed E-state index contributed by atoms with van der Waals surface area (Å²) in [5, 5.41) is 0. The maximum absolute atomic E-state index is 12.0. The normalized spacial score (nSPS) is 15.9. The molecule has 0 aromatic heterocycles. The predicted octanol–water partition coefficient (Wildman–Crippen LogP) is 2.62. The summed E-state index contributed by atoms with van der Waals surface area (Å²) in [6.45, 7) is 4.49. The molecular formula is C7H19NO5P2. The Morgan fingerprint density at radius 1 is 1.20 bits per heavy atom. The lowest BCUT2D eigenvalue weighted by Gasteiger charge is -2.24. The fraction of sp³-hybridized carbons (Fsp3) is 1.00. The molecular weight excluding hydrogens is 240 g/mol. The van der Waals surface area contributed by atoms with Crippen LogP contribution in [0.1, 0.15) is 13.8 Å². The molecule has 15 heavy (non-hydrogen) atoms. The minimum Gasteiger partial charge on any atom is -0.312 e. The van der Waals surface area contributed by atoms with Gasteiger partial charge in [-0.3, -0.25) is 4.52 Å². The molecule has 8 heteroatoms. The van der Waals surface area contributed by atoms with Gasteiger partial charge >= 0.3 is 16.3 Å². The highest BCUT2D eigenvalue weighted by molar-refractivity contribution is 7.60. The van der Waals surface area contributed by atoms with E-state index in [2.05, 4.69) is 0 Å². The summed E-state index contributed by atoms with van der Waals surface area (Å²) < 4.78 is 33.7. The van der Waals surface area contributed by atoms with Crippen LogP contribution in [-0.2, 0) is 22.4 Å². The van der Waals surface area contributed by atoms with Crippen LogP contribution in [0.25, 0.3) is 0 Å². The quantitative estimate of drug-likeness (QED) is 0.624. The van der Waals surface area contributed by atoms with Gasteiger partial charge in [-0.1, -0.05) is 0 Å². The fourth-order valence-corrected chi connectivity index (χ4v) is 3.37. The van der Waals surface area contributed by atoms with Gasteiger partial charge in [-0.25, -0.2) is 13.5 Å². The monoisotopic (exact) mass is 259 g/mol. The van der Waals surface area contributed by atoms with Crippen LogP contribution >= 0.6 is 16.3 Å². The van der Waals surface area contributed by atoms with Crippen molar-refractivity contribution in [2.24, 2.45) is 0 Å². The molecule has 0 aromatic rings. The molecule has 1 unspecified atom stereocenters. The van der Waals surface area contributed by atoms with Crippen LogP contribution < -0.4 is 0 Å². The van der Waals surface area contributed by atoms with Crippen molar-refractivity contribution in [1.29, 1.82) is 0 Å². The second kappa shape index (κ2) is 7.69. The molecule has 0 radical (unpaired) electrons. The van der Waals surface area contributed by atoms with E-state index >= 15 is 0 Å². The Kier molecular flexibility index (Phi) is 7.92. The second-order valence-corrected chi connectivity index (χ2v) is 6.36. The highest BCUT2D eigenvalue weighted by Gasteiger charge is 2.32. The maximum Gasteiger partial charge on any atom is 0.414 e. The predicted molar refractivity (Wildman–Crippen MR) is 59.6 cm³/mol. The highest BCUT2D eigenvalue weighted by atomic mass is 31.3. The van der Waals surface area contributed by atoms with E-state index in [1.165, 1.54) is 11.8 Å². The Morgan fingerprint density at radius 3 is 1.93 bits per heavy atom. The van der Waals surface area contributed by atoms with E-state index in [1.54, 1.807) is 14.1 Å². The first-order valence-corrected chi connectivity index (χ1v) is 7.18. The van der Waals surface area contributed by atoms with E-state index in [0.717, 1.165) is 0 Å². The van der Waals surface area contributed by atoms with E-state index in [-0.39, 0.29) is 0 Å². The Labute approximate surface area is 92.4 Å². The van der Waals surface area contributed by atoms with Gasteiger partial charge in [0.05, 0.1) is 13.2 Å². The lowest BCUT2D eigenvalue weighted by molar-refractivity contribution is 0.195. The van der Waals surface area contributed by atoms with Gasteiger partial charge in [-0.2, -0.15) is 0 Å². The van der Waals surface area contributed by atoms with Gasteiger partial charge in [0, 0.05) is 7.11 Å². The van der Waals surface area contributed by atoms with Gasteiger partial charge in [-0.15, -0.1) is 0 Å². The Morgan fingerprint density at radius 2 is 1.67 bits per heavy atom. The fourth-order valence-electron chi connectivity index (χ4n) is 0.649. The van der Waals surface area contributed by atoms with Crippen molar-refractivity contribution >= 4 is 16.3 Å². The summed E-state index contributed by atoms with van der Waals surface area (Å²) >= 11 is 0. The minimum atomic E-state index is -3.28. The number of hydrogen-bond acceptors (Lipinski definition) is 5. The van der Waals surface area contributed by atoms with Gasteiger partial charge in [0.25, 0.3) is 0 Å². The Hall–Kier alpha value is 0.460. The van der Waals surface area contributed by atoms with Gasteiger partial charge in [0.2, 0.25) is 0 Å². The molecule has 0 amide bonds. The smallest absolute Gasteiger partial charge is 0.312 e. The third-order valence-electron chi connectivity index (χ3n) is 1.36. The molecule has 0 N–H and O–H groups in total. The molecule has 0 bridgehead atoms. The lowest BCUT2D eigenvalue weighted by atomic mass is 10.9. The first-order chi connectivity index (χ1) is 7.00. The zero-order chi connectivity index (χ0) is 11.9. The van der Waals surface area contributed by atoms with Crippen molar-refractivity contribution < 1.29 is 22.4 Å². The van der Waals surface area contributed by atoms with Crippen molar-refractivity contribution in [2.75, 3.05) is 34.4 Å². The van der Waals surface area contributed by atoms with Crippen LogP contribution in [0.3, 0.4) is 0 Å². The summed E-state index contributed by atoms with van der Waals surface area (Å²) in [6, 6.07) is 0. The van der Waals surface area contributed by atoms with E-state index < -0.39 is 16.3 Å². The average Bonchev–Trinajstić information content (AvgIpc) is 2.18. The van der Waals surface area contributed by atoms with Crippen molar-refractivity contribution in [1.82, 2.24) is 4.67 Å². The lowest BCUT2D eigenvalue weighted by Crippen LogP contribution is -2.11. The molecule has 0 rings (SSSR count). The molecule has 0 spiro atoms. The molecule has 1 atom stereocenters. The van der Waals surface area contributed by atoms with E-state index in [9.17, 15) is 4.57 Å². The molecule has 0 fully saturated rings. The molecule has 0 aliphatic carbocycles. The minimum absolute atomic E-state index is 0.433. The summed E-state index contributed by atoms with van der Waals surface area (Å²) in [7, 11) is -0.353. The molecule has 0 saturated heterocycles. The van der Waals surface area contributed by atoms with Crippen molar-refractivity contribution in [3.05, 3.63) is 0 Å². The zero-order valence-electron chi connectivity index (χ0n) is 9.80. The summed E-state index contributed by atoms with van der Waals surface area (Å²) in [5.74, 6) is 0. The molecule has 6 nitrogen and oxygen atoms in total. The molecule has 0 saturated carbocycles. The van der Waals surface area contributed by atoms with E-state index in [4.69, 9.17) is 17.9 Å². The summed E-state index contributed by atoms with van der Waals surface area (Å²) in [6.07, 6.45) is 0. The van der Waals surface area contributed by atoms with Gasteiger partial charge < -0.3 is 9.05 Å². The van der Waals surface area contributed by atoms with Gasteiger partial charge in [0.15, 0.2) is 0 Å². The Bertz CT molecular complexity index is 208. The van der Waals surface area contributed by atoms with E-state index in [0.29, 0.717) is 13.2 Å². The summed E-state index contributed by atoms with van der Waals surface area (Å²) in [5.41, 5.74) is 0. The molecule has 0 aliphatic heterocycles. The maximum atomic E-state index is 12.0. The third kappa shape index (κ3) is 5.36. The van der Waals surface area contributed by atoms with E-state index in [1.807, 2.05) is 13.8 Å². The average molecular weight is 259 g/mol. The molecule has 0 aromatic carbocycles. The van der Waals surface area contributed by atoms with Crippen molar-refractivity contribution in [3.63, 3.8) is 0 Å². The van der Waals surface area contributed by atoms with Gasteiger partial charge in [0.1, 0.15) is 0 Å². The van der Waals surface area contributed by atoms with Gasteiger partial charge in [-0.05, 0) is 27.9 Å². The van der Waals surface area contributed by atoms with Crippen LogP contribution in [0, 0.1) is 0 Å².